The number of nitro benzene ring substituents is 1. The number of para-hydroxylation sites is 1. The largest absolute Gasteiger partial charge is 0.462 e. The van der Waals surface area contributed by atoms with Crippen LogP contribution >= 0.6 is 0 Å². The molecule has 0 saturated heterocycles. The van der Waals surface area contributed by atoms with E-state index in [0.717, 1.165) is 19.2 Å². The maximum Gasteiger partial charge on any atom is 0.345 e. The predicted octanol–water partition coefficient (Wildman–Crippen LogP) is 2.89. The third kappa shape index (κ3) is 5.67. The first kappa shape index (κ1) is 22.6. The van der Waals surface area contributed by atoms with Crippen molar-refractivity contribution in [3.63, 3.8) is 0 Å². The molecule has 2 N–H and O–H groups in total. The van der Waals surface area contributed by atoms with Crippen molar-refractivity contribution in [3.8, 4) is 11.5 Å². The Morgan fingerprint density at radius 3 is 2.33 bits per heavy atom. The molecule has 160 valence electrons. The molecule has 0 unspecified atom stereocenters. The number of nitro groups is 1. The van der Waals surface area contributed by atoms with E-state index in [1.54, 1.807) is 18.2 Å². The van der Waals surface area contributed by atoms with Gasteiger partial charge in [-0.25, -0.2) is 13.2 Å². The van der Waals surface area contributed by atoms with Crippen LogP contribution in [0.1, 0.15) is 24.2 Å². The Morgan fingerprint density at radius 1 is 1.20 bits per heavy atom. The fourth-order valence-corrected chi connectivity index (χ4v) is 3.04. The number of rotatable bonds is 8. The van der Waals surface area contributed by atoms with Gasteiger partial charge >= 0.3 is 11.7 Å². The summed E-state index contributed by atoms with van der Waals surface area (Å²) in [7, 11) is -3.89. The number of hydrogen-bond donors (Lipinski definition) is 2. The fraction of sp³-hybridized carbons (Fsp3) is 0.222. The van der Waals surface area contributed by atoms with Gasteiger partial charge in [-0.05, 0) is 25.1 Å². The van der Waals surface area contributed by atoms with E-state index in [0.29, 0.717) is 0 Å². The SMILES string of the molecule is CCOC(=O)c1cc(NS(C)(=O)=O)c(Oc2ccccc2)c(NC(C)=O)c1[N+](=O)[O-]. The summed E-state index contributed by atoms with van der Waals surface area (Å²) < 4.78 is 36.4. The van der Waals surface area contributed by atoms with E-state index in [9.17, 15) is 28.1 Å². The van der Waals surface area contributed by atoms with Gasteiger partial charge in [0.05, 0.1) is 23.5 Å². The molecular weight excluding hydrogens is 418 g/mol. The molecule has 0 spiro atoms. The van der Waals surface area contributed by atoms with E-state index in [-0.39, 0.29) is 23.8 Å². The van der Waals surface area contributed by atoms with Gasteiger partial charge in [0.25, 0.3) is 0 Å². The number of carbonyl (C=O) groups is 2. The number of anilines is 2. The first-order valence-electron chi connectivity index (χ1n) is 8.54. The van der Waals surface area contributed by atoms with Gasteiger partial charge in [-0.2, -0.15) is 0 Å². The number of esters is 1. The minimum atomic E-state index is -3.89. The fourth-order valence-electron chi connectivity index (χ4n) is 2.49. The topological polar surface area (TPSA) is 154 Å². The van der Waals surface area contributed by atoms with Crippen LogP contribution < -0.4 is 14.8 Å². The highest BCUT2D eigenvalue weighted by atomic mass is 32.2. The van der Waals surface area contributed by atoms with Gasteiger partial charge in [0.15, 0.2) is 11.4 Å². The van der Waals surface area contributed by atoms with E-state index in [4.69, 9.17) is 9.47 Å². The number of ether oxygens (including phenoxy) is 2. The minimum Gasteiger partial charge on any atom is -0.462 e. The first-order chi connectivity index (χ1) is 14.0. The Morgan fingerprint density at radius 2 is 1.83 bits per heavy atom. The second-order valence-corrected chi connectivity index (χ2v) is 7.72. The molecule has 0 atom stereocenters. The molecule has 0 aliphatic heterocycles. The highest BCUT2D eigenvalue weighted by molar-refractivity contribution is 7.92. The van der Waals surface area contributed by atoms with Crippen molar-refractivity contribution in [1.29, 1.82) is 0 Å². The lowest BCUT2D eigenvalue weighted by molar-refractivity contribution is -0.384. The third-order valence-electron chi connectivity index (χ3n) is 3.49. The van der Waals surface area contributed by atoms with Crippen molar-refractivity contribution in [1.82, 2.24) is 0 Å². The molecule has 11 nitrogen and oxygen atoms in total. The third-order valence-corrected chi connectivity index (χ3v) is 4.08. The van der Waals surface area contributed by atoms with Gasteiger partial charge in [-0.3, -0.25) is 19.6 Å². The lowest BCUT2D eigenvalue weighted by Crippen LogP contribution is -2.17. The van der Waals surface area contributed by atoms with E-state index < -0.39 is 43.8 Å². The van der Waals surface area contributed by atoms with Crippen LogP contribution in [0, 0.1) is 10.1 Å². The van der Waals surface area contributed by atoms with Crippen molar-refractivity contribution in [2.45, 2.75) is 13.8 Å². The van der Waals surface area contributed by atoms with E-state index in [1.165, 1.54) is 19.1 Å². The molecule has 0 fully saturated rings. The highest BCUT2D eigenvalue weighted by Crippen LogP contribution is 2.46. The quantitative estimate of drug-likeness (QED) is 0.363. The van der Waals surface area contributed by atoms with Crippen LogP contribution in [0.4, 0.5) is 17.1 Å². The summed E-state index contributed by atoms with van der Waals surface area (Å²) in [5, 5.41) is 14.0. The van der Waals surface area contributed by atoms with Crippen LogP contribution in [-0.2, 0) is 19.6 Å². The molecule has 1 amide bonds. The number of sulfonamides is 1. The van der Waals surface area contributed by atoms with Crippen LogP contribution in [0.25, 0.3) is 0 Å². The Hall–Kier alpha value is -3.67. The maximum absolute atomic E-state index is 12.3. The number of benzene rings is 2. The van der Waals surface area contributed by atoms with E-state index in [1.807, 2.05) is 0 Å². The van der Waals surface area contributed by atoms with Crippen LogP contribution in [0.15, 0.2) is 36.4 Å². The van der Waals surface area contributed by atoms with Crippen molar-refractivity contribution in [3.05, 3.63) is 52.1 Å². The maximum atomic E-state index is 12.3. The van der Waals surface area contributed by atoms with Gasteiger partial charge in [0.2, 0.25) is 15.9 Å². The molecule has 30 heavy (non-hydrogen) atoms. The van der Waals surface area contributed by atoms with Gasteiger partial charge < -0.3 is 14.8 Å². The van der Waals surface area contributed by atoms with Gasteiger partial charge in [-0.15, -0.1) is 0 Å². The van der Waals surface area contributed by atoms with Gasteiger partial charge in [0, 0.05) is 6.92 Å². The zero-order chi connectivity index (χ0) is 22.5. The summed E-state index contributed by atoms with van der Waals surface area (Å²) in [5.74, 6) is -1.93. The smallest absolute Gasteiger partial charge is 0.345 e. The molecule has 0 radical (unpaired) electrons. The average molecular weight is 437 g/mol. The highest BCUT2D eigenvalue weighted by Gasteiger charge is 2.33. The van der Waals surface area contributed by atoms with Crippen molar-refractivity contribution in [2.75, 3.05) is 22.9 Å². The second kappa shape index (κ2) is 9.22. The summed E-state index contributed by atoms with van der Waals surface area (Å²) in [5.41, 5.74) is -2.14. The first-order valence-corrected chi connectivity index (χ1v) is 10.4. The van der Waals surface area contributed by atoms with Crippen LogP contribution in [0.2, 0.25) is 0 Å². The lowest BCUT2D eigenvalue weighted by atomic mass is 10.1. The molecule has 0 bridgehead atoms. The van der Waals surface area contributed by atoms with Crippen molar-refractivity contribution in [2.24, 2.45) is 0 Å². The molecule has 0 aromatic heterocycles. The van der Waals surface area contributed by atoms with Crippen molar-refractivity contribution < 1.29 is 32.4 Å². The summed E-state index contributed by atoms with van der Waals surface area (Å²) >= 11 is 0. The molecule has 2 rings (SSSR count). The monoisotopic (exact) mass is 437 g/mol. The van der Waals surface area contributed by atoms with Gasteiger partial charge in [0.1, 0.15) is 11.3 Å². The molecule has 0 saturated carbocycles. The number of nitrogens with one attached hydrogen (secondary N) is 2. The molecule has 2 aromatic carbocycles. The summed E-state index contributed by atoms with van der Waals surface area (Å²) in [6, 6.07) is 8.92. The number of carbonyl (C=O) groups excluding carboxylic acids is 2. The van der Waals surface area contributed by atoms with Crippen LogP contribution in [0.3, 0.4) is 0 Å². The lowest BCUT2D eigenvalue weighted by Gasteiger charge is -2.18. The van der Waals surface area contributed by atoms with Crippen LogP contribution in [-0.4, -0.2) is 38.1 Å². The average Bonchev–Trinajstić information content (AvgIpc) is 2.63. The molecule has 0 aliphatic rings. The number of amides is 1. The summed E-state index contributed by atoms with van der Waals surface area (Å²) in [4.78, 5) is 35.0. The zero-order valence-electron chi connectivity index (χ0n) is 16.3. The van der Waals surface area contributed by atoms with E-state index in [2.05, 4.69) is 10.0 Å². The Balaban J connectivity index is 2.88. The summed E-state index contributed by atoms with van der Waals surface area (Å²) in [6.45, 7) is 2.51. The number of nitrogens with zero attached hydrogens (tertiary/aromatic N) is 1. The molecule has 0 aliphatic carbocycles. The Bertz CT molecular complexity index is 1080. The zero-order valence-corrected chi connectivity index (χ0v) is 17.1. The second-order valence-electron chi connectivity index (χ2n) is 5.97. The van der Waals surface area contributed by atoms with Crippen LogP contribution in [0.5, 0.6) is 11.5 Å². The minimum absolute atomic E-state index is 0.0808. The molecule has 2 aromatic rings. The predicted molar refractivity (Wildman–Crippen MR) is 108 cm³/mol. The Kier molecular flexibility index (Phi) is 6.95. The summed E-state index contributed by atoms with van der Waals surface area (Å²) in [6.07, 6.45) is 0.850. The van der Waals surface area contributed by atoms with E-state index >= 15 is 0 Å². The Labute approximate surface area is 172 Å². The van der Waals surface area contributed by atoms with Crippen molar-refractivity contribution >= 4 is 39.0 Å². The standard InChI is InChI=1S/C18H19N3O8S/c1-4-28-18(23)13-10-14(20-30(3,26)27)17(29-12-8-6-5-7-9-12)15(19-11(2)22)16(13)21(24)25/h5-10,20H,4H2,1-3H3,(H,19,22). The van der Waals surface area contributed by atoms with Gasteiger partial charge in [-0.1, -0.05) is 18.2 Å². The number of hydrogen-bond acceptors (Lipinski definition) is 8. The molecule has 0 heterocycles. The molecule has 12 heteroatoms. The normalized spacial score (nSPS) is 10.8. The molecular formula is C18H19N3O8S.